The molecule has 146 valence electrons. The summed E-state index contributed by atoms with van der Waals surface area (Å²) >= 11 is 1.13. The van der Waals surface area contributed by atoms with Crippen LogP contribution in [0.15, 0.2) is 54.6 Å². The molecule has 0 bridgehead atoms. The quantitative estimate of drug-likeness (QED) is 0.445. The number of thiophene rings is 1. The predicted molar refractivity (Wildman–Crippen MR) is 106 cm³/mol. The standard InChI is InChI=1S/C21H14F3N3OS/c1-11-18(12-5-2-3-6-13(12)22)26-27-19(11)16-9-10-17(29-16)21(28)25-20-14(23)7-4-8-15(20)24/h2-10H,1H3,(H,25,28)(H,26,27). The first-order chi connectivity index (χ1) is 14.0. The summed E-state index contributed by atoms with van der Waals surface area (Å²) in [4.78, 5) is 13.4. The van der Waals surface area contributed by atoms with Crippen molar-refractivity contribution in [3.63, 3.8) is 0 Å². The van der Waals surface area contributed by atoms with E-state index >= 15 is 0 Å². The van der Waals surface area contributed by atoms with Crippen LogP contribution in [0.5, 0.6) is 0 Å². The fraction of sp³-hybridized carbons (Fsp3) is 0.0476. The first kappa shape index (κ1) is 18.9. The van der Waals surface area contributed by atoms with Gasteiger partial charge < -0.3 is 5.32 Å². The van der Waals surface area contributed by atoms with Crippen LogP contribution in [0.2, 0.25) is 0 Å². The number of H-pyrrole nitrogens is 1. The molecule has 4 rings (SSSR count). The Hall–Kier alpha value is -3.39. The highest BCUT2D eigenvalue weighted by Gasteiger charge is 2.19. The molecular weight excluding hydrogens is 399 g/mol. The summed E-state index contributed by atoms with van der Waals surface area (Å²) in [6.45, 7) is 1.80. The second-order valence-corrected chi connectivity index (χ2v) is 7.35. The van der Waals surface area contributed by atoms with E-state index in [-0.39, 0.29) is 10.7 Å². The molecule has 8 heteroatoms. The van der Waals surface area contributed by atoms with Crippen molar-refractivity contribution >= 4 is 22.9 Å². The maximum absolute atomic E-state index is 14.1. The van der Waals surface area contributed by atoms with Gasteiger partial charge in [0.15, 0.2) is 0 Å². The third-order valence-corrected chi connectivity index (χ3v) is 5.52. The van der Waals surface area contributed by atoms with Crippen LogP contribution in [-0.2, 0) is 0 Å². The largest absolute Gasteiger partial charge is 0.316 e. The number of halogens is 3. The number of para-hydroxylation sites is 1. The van der Waals surface area contributed by atoms with Crippen molar-refractivity contribution in [2.45, 2.75) is 6.92 Å². The van der Waals surface area contributed by atoms with Gasteiger partial charge in [0.2, 0.25) is 0 Å². The molecule has 0 spiro atoms. The van der Waals surface area contributed by atoms with E-state index in [0.717, 1.165) is 29.0 Å². The van der Waals surface area contributed by atoms with E-state index in [2.05, 4.69) is 15.5 Å². The number of amides is 1. The van der Waals surface area contributed by atoms with E-state index in [0.29, 0.717) is 21.8 Å². The monoisotopic (exact) mass is 413 g/mol. The van der Waals surface area contributed by atoms with E-state index < -0.39 is 23.2 Å². The van der Waals surface area contributed by atoms with Crippen LogP contribution in [0.1, 0.15) is 15.2 Å². The minimum atomic E-state index is -0.853. The minimum Gasteiger partial charge on any atom is -0.316 e. The molecule has 4 aromatic rings. The van der Waals surface area contributed by atoms with Gasteiger partial charge in [-0.25, -0.2) is 13.2 Å². The van der Waals surface area contributed by atoms with Crippen LogP contribution in [0.25, 0.3) is 21.8 Å². The molecule has 2 N–H and O–H groups in total. The zero-order chi connectivity index (χ0) is 20.5. The van der Waals surface area contributed by atoms with Crippen molar-refractivity contribution in [1.82, 2.24) is 10.2 Å². The molecule has 0 saturated carbocycles. The number of rotatable bonds is 4. The van der Waals surface area contributed by atoms with Crippen LogP contribution in [0.4, 0.5) is 18.9 Å². The highest BCUT2D eigenvalue weighted by atomic mass is 32.1. The predicted octanol–water partition coefficient (Wildman–Crippen LogP) is 5.78. The van der Waals surface area contributed by atoms with Crippen LogP contribution >= 0.6 is 11.3 Å². The van der Waals surface area contributed by atoms with Crippen molar-refractivity contribution in [2.75, 3.05) is 5.32 Å². The lowest BCUT2D eigenvalue weighted by molar-refractivity contribution is 0.102. The molecule has 0 aliphatic heterocycles. The normalized spacial score (nSPS) is 10.9. The van der Waals surface area contributed by atoms with Crippen LogP contribution in [0.3, 0.4) is 0 Å². The molecule has 1 amide bonds. The smallest absolute Gasteiger partial charge is 0.265 e. The molecule has 0 radical (unpaired) electrons. The number of hydrogen-bond donors (Lipinski definition) is 2. The summed E-state index contributed by atoms with van der Waals surface area (Å²) in [5, 5.41) is 9.35. The van der Waals surface area contributed by atoms with Gasteiger partial charge >= 0.3 is 0 Å². The summed E-state index contributed by atoms with van der Waals surface area (Å²) in [6.07, 6.45) is 0. The van der Waals surface area contributed by atoms with Crippen LogP contribution < -0.4 is 5.32 Å². The van der Waals surface area contributed by atoms with Crippen molar-refractivity contribution in [2.24, 2.45) is 0 Å². The Balaban J connectivity index is 1.62. The maximum atomic E-state index is 14.1. The summed E-state index contributed by atoms with van der Waals surface area (Å²) in [5.74, 6) is -2.72. The molecular formula is C21H14F3N3OS. The summed E-state index contributed by atoms with van der Waals surface area (Å²) < 4.78 is 41.6. The number of carbonyl (C=O) groups is 1. The number of hydrogen-bond acceptors (Lipinski definition) is 3. The minimum absolute atomic E-state index is 0.268. The number of nitrogens with one attached hydrogen (secondary N) is 2. The van der Waals surface area contributed by atoms with E-state index in [4.69, 9.17) is 0 Å². The Morgan fingerprint density at radius 2 is 1.66 bits per heavy atom. The van der Waals surface area contributed by atoms with Gasteiger partial charge in [0.1, 0.15) is 23.1 Å². The Morgan fingerprint density at radius 3 is 2.38 bits per heavy atom. The van der Waals surface area contributed by atoms with Crippen molar-refractivity contribution in [3.8, 4) is 21.8 Å². The lowest BCUT2D eigenvalue weighted by Crippen LogP contribution is -2.12. The fourth-order valence-corrected chi connectivity index (χ4v) is 3.89. The van der Waals surface area contributed by atoms with Gasteiger partial charge in [-0.1, -0.05) is 18.2 Å². The topological polar surface area (TPSA) is 57.8 Å². The summed E-state index contributed by atoms with van der Waals surface area (Å²) in [6, 6.07) is 12.9. The SMILES string of the molecule is Cc1c(-c2ccccc2F)n[nH]c1-c1ccc(C(=O)Nc2c(F)cccc2F)s1. The highest BCUT2D eigenvalue weighted by molar-refractivity contribution is 7.17. The number of carbonyl (C=O) groups excluding carboxylic acids is 1. The number of aromatic amines is 1. The van der Waals surface area contributed by atoms with E-state index in [9.17, 15) is 18.0 Å². The number of anilines is 1. The third kappa shape index (κ3) is 3.54. The van der Waals surface area contributed by atoms with Gasteiger partial charge in [0, 0.05) is 11.1 Å². The van der Waals surface area contributed by atoms with Gasteiger partial charge in [-0.3, -0.25) is 9.89 Å². The first-order valence-electron chi connectivity index (χ1n) is 8.61. The average molecular weight is 413 g/mol. The Morgan fingerprint density at radius 1 is 0.966 bits per heavy atom. The van der Waals surface area contributed by atoms with E-state index in [1.807, 2.05) is 0 Å². The van der Waals surface area contributed by atoms with Crippen molar-refractivity contribution < 1.29 is 18.0 Å². The van der Waals surface area contributed by atoms with Gasteiger partial charge in [-0.15, -0.1) is 11.3 Å². The van der Waals surface area contributed by atoms with E-state index in [1.54, 1.807) is 37.3 Å². The van der Waals surface area contributed by atoms with Gasteiger partial charge in [0.05, 0.1) is 21.1 Å². The lowest BCUT2D eigenvalue weighted by atomic mass is 10.1. The van der Waals surface area contributed by atoms with Crippen LogP contribution in [-0.4, -0.2) is 16.1 Å². The zero-order valence-corrected chi connectivity index (χ0v) is 15.9. The molecule has 0 saturated heterocycles. The molecule has 4 nitrogen and oxygen atoms in total. The molecule has 2 aromatic heterocycles. The molecule has 2 heterocycles. The average Bonchev–Trinajstić information content (AvgIpc) is 3.32. The first-order valence-corrected chi connectivity index (χ1v) is 9.43. The third-order valence-electron chi connectivity index (χ3n) is 4.42. The number of aromatic nitrogens is 2. The molecule has 0 aliphatic carbocycles. The van der Waals surface area contributed by atoms with Gasteiger partial charge in [-0.05, 0) is 43.3 Å². The van der Waals surface area contributed by atoms with Gasteiger partial charge in [-0.2, -0.15) is 5.10 Å². The summed E-state index contributed by atoms with van der Waals surface area (Å²) in [5.41, 5.74) is 1.73. The summed E-state index contributed by atoms with van der Waals surface area (Å²) in [7, 11) is 0. The second kappa shape index (κ2) is 7.56. The Kier molecular flexibility index (Phi) is 4.94. The zero-order valence-electron chi connectivity index (χ0n) is 15.1. The molecule has 0 aliphatic rings. The van der Waals surface area contributed by atoms with Gasteiger partial charge in [0.25, 0.3) is 5.91 Å². The van der Waals surface area contributed by atoms with E-state index in [1.165, 1.54) is 12.1 Å². The van der Waals surface area contributed by atoms with Crippen molar-refractivity contribution in [1.29, 1.82) is 0 Å². The lowest BCUT2D eigenvalue weighted by Gasteiger charge is -2.05. The molecule has 29 heavy (non-hydrogen) atoms. The number of nitrogens with zero attached hydrogens (tertiary/aromatic N) is 1. The molecule has 0 unspecified atom stereocenters. The maximum Gasteiger partial charge on any atom is 0.265 e. The van der Waals surface area contributed by atoms with Crippen LogP contribution in [0, 0.1) is 24.4 Å². The Labute approximate surface area is 168 Å². The fourth-order valence-electron chi connectivity index (χ4n) is 2.94. The second-order valence-electron chi connectivity index (χ2n) is 6.27. The number of benzene rings is 2. The molecule has 0 atom stereocenters. The molecule has 2 aromatic carbocycles. The van der Waals surface area contributed by atoms with Crippen molar-refractivity contribution in [3.05, 3.63) is 82.5 Å². The molecule has 0 fully saturated rings. The highest BCUT2D eigenvalue weighted by Crippen LogP contribution is 2.34. The Bertz CT molecular complexity index is 1200.